The van der Waals surface area contributed by atoms with Crippen LogP contribution in [0.5, 0.6) is 5.75 Å². The topological polar surface area (TPSA) is 79.5 Å². The molecule has 1 aromatic carbocycles. The van der Waals surface area contributed by atoms with Crippen LogP contribution in [0.15, 0.2) is 24.3 Å². The van der Waals surface area contributed by atoms with Crippen molar-refractivity contribution in [2.45, 2.75) is 6.04 Å². The lowest BCUT2D eigenvalue weighted by Gasteiger charge is -2.24. The number of ether oxygens (including phenoxy) is 1. The van der Waals surface area contributed by atoms with Gasteiger partial charge in [0.25, 0.3) is 5.91 Å². The minimum atomic E-state index is -0.496. The molecule has 1 aliphatic heterocycles. The van der Waals surface area contributed by atoms with E-state index in [9.17, 15) is 9.59 Å². The van der Waals surface area contributed by atoms with Crippen LogP contribution in [0.1, 0.15) is 0 Å². The predicted molar refractivity (Wildman–Crippen MR) is 61.9 cm³/mol. The number of hydrogen-bond donors (Lipinski definition) is 3. The molecule has 0 radical (unpaired) electrons. The quantitative estimate of drug-likeness (QED) is 0.704. The van der Waals surface area contributed by atoms with Crippen LogP contribution >= 0.6 is 0 Å². The van der Waals surface area contributed by atoms with Gasteiger partial charge in [0.1, 0.15) is 11.8 Å². The molecule has 6 heteroatoms. The Morgan fingerprint density at radius 2 is 2.12 bits per heavy atom. The third kappa shape index (κ3) is 2.47. The zero-order valence-electron chi connectivity index (χ0n) is 9.32. The molecule has 1 unspecified atom stereocenters. The molecular formula is C11H13N3O3. The highest BCUT2D eigenvalue weighted by atomic mass is 16.5. The number of hydrogen-bond acceptors (Lipinski definition) is 4. The van der Waals surface area contributed by atoms with Crippen molar-refractivity contribution >= 4 is 17.6 Å². The van der Waals surface area contributed by atoms with E-state index >= 15 is 0 Å². The maximum atomic E-state index is 11.5. The molecule has 0 saturated carbocycles. The minimum Gasteiger partial charge on any atom is -0.495 e. The second-order valence-electron chi connectivity index (χ2n) is 3.60. The zero-order chi connectivity index (χ0) is 12.3. The van der Waals surface area contributed by atoms with E-state index in [1.54, 1.807) is 13.2 Å². The van der Waals surface area contributed by atoms with Crippen molar-refractivity contribution < 1.29 is 14.3 Å². The fraction of sp³-hybridized carbons (Fsp3) is 0.273. The fourth-order valence-corrected chi connectivity index (χ4v) is 1.60. The third-order valence-electron chi connectivity index (χ3n) is 2.46. The molecule has 1 fully saturated rings. The molecule has 1 aliphatic rings. The molecule has 3 N–H and O–H groups in total. The van der Waals surface area contributed by atoms with Gasteiger partial charge in [0.2, 0.25) is 0 Å². The summed E-state index contributed by atoms with van der Waals surface area (Å²) < 4.78 is 5.16. The molecule has 1 atom stereocenters. The maximum absolute atomic E-state index is 11.5. The van der Waals surface area contributed by atoms with E-state index in [0.717, 1.165) is 0 Å². The second-order valence-corrected chi connectivity index (χ2v) is 3.60. The molecule has 0 aromatic heterocycles. The molecule has 0 spiro atoms. The number of amides is 3. The van der Waals surface area contributed by atoms with E-state index in [1.807, 2.05) is 18.2 Å². The number of benzene rings is 1. The number of urea groups is 1. The minimum absolute atomic E-state index is 0.253. The fourth-order valence-electron chi connectivity index (χ4n) is 1.60. The van der Waals surface area contributed by atoms with Crippen LogP contribution in [-0.4, -0.2) is 31.6 Å². The van der Waals surface area contributed by atoms with Crippen LogP contribution in [0.25, 0.3) is 0 Å². The molecule has 3 amide bonds. The summed E-state index contributed by atoms with van der Waals surface area (Å²) in [6.07, 6.45) is 0. The van der Waals surface area contributed by atoms with Gasteiger partial charge in [-0.15, -0.1) is 0 Å². The van der Waals surface area contributed by atoms with E-state index in [4.69, 9.17) is 4.74 Å². The number of carbonyl (C=O) groups is 2. The average Bonchev–Trinajstić information content (AvgIpc) is 2.33. The molecule has 0 bridgehead atoms. The number of carbonyl (C=O) groups excluding carboxylic acids is 2. The molecule has 1 heterocycles. The van der Waals surface area contributed by atoms with Gasteiger partial charge in [0.05, 0.1) is 12.8 Å². The largest absolute Gasteiger partial charge is 0.495 e. The normalized spacial score (nSPS) is 19.2. The van der Waals surface area contributed by atoms with Crippen molar-refractivity contribution in [3.8, 4) is 5.75 Å². The number of nitrogens with one attached hydrogen (secondary N) is 3. The lowest BCUT2D eigenvalue weighted by molar-refractivity contribution is -0.121. The molecule has 1 saturated heterocycles. The van der Waals surface area contributed by atoms with E-state index in [2.05, 4.69) is 16.0 Å². The highest BCUT2D eigenvalue weighted by Gasteiger charge is 2.26. The highest BCUT2D eigenvalue weighted by molar-refractivity contribution is 6.01. The number of methoxy groups -OCH3 is 1. The lowest BCUT2D eigenvalue weighted by Crippen LogP contribution is -2.57. The summed E-state index contributed by atoms with van der Waals surface area (Å²) in [4.78, 5) is 22.4. The first-order valence-electron chi connectivity index (χ1n) is 5.19. The summed E-state index contributed by atoms with van der Waals surface area (Å²) in [7, 11) is 1.56. The lowest BCUT2D eigenvalue weighted by atomic mass is 10.2. The maximum Gasteiger partial charge on any atom is 0.321 e. The standard InChI is InChI=1S/C11H13N3O3/c1-17-9-5-3-2-4-7(9)13-8-6-12-11(16)14-10(8)15/h2-5,8,13H,6H2,1H3,(H2,12,14,15,16). The summed E-state index contributed by atoms with van der Waals surface area (Å²) in [5.41, 5.74) is 0.714. The van der Waals surface area contributed by atoms with Crippen LogP contribution in [-0.2, 0) is 4.79 Å². The Balaban J connectivity index is 2.10. The van der Waals surface area contributed by atoms with Crippen molar-refractivity contribution in [3.63, 3.8) is 0 Å². The van der Waals surface area contributed by atoms with Crippen LogP contribution in [0.4, 0.5) is 10.5 Å². The summed E-state index contributed by atoms with van der Waals surface area (Å²) in [5.74, 6) is 0.303. The van der Waals surface area contributed by atoms with E-state index in [-0.39, 0.29) is 12.5 Å². The van der Waals surface area contributed by atoms with Gasteiger partial charge in [0, 0.05) is 6.54 Å². The number of anilines is 1. The SMILES string of the molecule is COc1ccccc1NC1CNC(=O)NC1=O. The van der Waals surface area contributed by atoms with Gasteiger partial charge >= 0.3 is 6.03 Å². The van der Waals surface area contributed by atoms with Gasteiger partial charge in [0.15, 0.2) is 0 Å². The monoisotopic (exact) mass is 235 g/mol. The number of imide groups is 1. The third-order valence-corrected chi connectivity index (χ3v) is 2.46. The Labute approximate surface area is 98.3 Å². The van der Waals surface area contributed by atoms with E-state index in [1.165, 1.54) is 0 Å². The zero-order valence-corrected chi connectivity index (χ0v) is 9.32. The first-order chi connectivity index (χ1) is 8.20. The van der Waals surface area contributed by atoms with E-state index in [0.29, 0.717) is 11.4 Å². The predicted octanol–water partition coefficient (Wildman–Crippen LogP) is 0.315. The van der Waals surface area contributed by atoms with Crippen LogP contribution in [0.2, 0.25) is 0 Å². The Bertz CT molecular complexity index is 447. The summed E-state index contributed by atoms with van der Waals surface area (Å²) >= 11 is 0. The molecular weight excluding hydrogens is 222 g/mol. The summed E-state index contributed by atoms with van der Waals surface area (Å²) in [6.45, 7) is 0.253. The first kappa shape index (κ1) is 11.3. The Kier molecular flexibility index (Phi) is 3.13. The van der Waals surface area contributed by atoms with Crippen molar-refractivity contribution in [1.29, 1.82) is 0 Å². The Morgan fingerprint density at radius 1 is 1.35 bits per heavy atom. The molecule has 17 heavy (non-hydrogen) atoms. The molecule has 90 valence electrons. The van der Waals surface area contributed by atoms with Gasteiger partial charge in [-0.1, -0.05) is 12.1 Å². The summed E-state index contributed by atoms with van der Waals surface area (Å²) in [6, 6.07) is 6.32. The average molecular weight is 235 g/mol. The highest BCUT2D eigenvalue weighted by Crippen LogP contribution is 2.23. The van der Waals surface area contributed by atoms with Gasteiger partial charge < -0.3 is 15.4 Å². The van der Waals surface area contributed by atoms with Crippen LogP contribution in [0.3, 0.4) is 0 Å². The Hall–Kier alpha value is -2.24. The van der Waals surface area contributed by atoms with Crippen molar-refractivity contribution in [3.05, 3.63) is 24.3 Å². The summed E-state index contributed by atoms with van der Waals surface area (Å²) in [5, 5.41) is 7.76. The number of para-hydroxylation sites is 2. The molecule has 2 rings (SSSR count). The Morgan fingerprint density at radius 3 is 2.82 bits per heavy atom. The second kappa shape index (κ2) is 4.73. The van der Waals surface area contributed by atoms with Gasteiger partial charge in [-0.25, -0.2) is 4.79 Å². The number of rotatable bonds is 3. The first-order valence-corrected chi connectivity index (χ1v) is 5.19. The van der Waals surface area contributed by atoms with Crippen LogP contribution < -0.4 is 20.7 Å². The molecule has 1 aromatic rings. The van der Waals surface area contributed by atoms with Gasteiger partial charge in [-0.05, 0) is 12.1 Å². The van der Waals surface area contributed by atoms with Crippen molar-refractivity contribution in [2.24, 2.45) is 0 Å². The molecule has 6 nitrogen and oxygen atoms in total. The van der Waals surface area contributed by atoms with Gasteiger partial charge in [-0.3, -0.25) is 10.1 Å². The molecule has 0 aliphatic carbocycles. The van der Waals surface area contributed by atoms with E-state index < -0.39 is 12.1 Å². The van der Waals surface area contributed by atoms with Crippen molar-refractivity contribution in [1.82, 2.24) is 10.6 Å². The van der Waals surface area contributed by atoms with Crippen molar-refractivity contribution in [2.75, 3.05) is 19.0 Å². The smallest absolute Gasteiger partial charge is 0.321 e. The van der Waals surface area contributed by atoms with Gasteiger partial charge in [-0.2, -0.15) is 0 Å². The van der Waals surface area contributed by atoms with Crippen LogP contribution in [0, 0.1) is 0 Å².